The molecule has 1 aliphatic rings. The lowest BCUT2D eigenvalue weighted by atomic mass is 10.2. The lowest BCUT2D eigenvalue weighted by Gasteiger charge is -2.18. The summed E-state index contributed by atoms with van der Waals surface area (Å²) < 4.78 is 43.5. The molecule has 0 spiro atoms. The van der Waals surface area contributed by atoms with Gasteiger partial charge in [-0.3, -0.25) is 0 Å². The second-order valence-electron chi connectivity index (χ2n) is 6.28. The Morgan fingerprint density at radius 1 is 1.11 bits per heavy atom. The lowest BCUT2D eigenvalue weighted by Crippen LogP contribution is -2.26. The zero-order chi connectivity index (χ0) is 19.0. The van der Waals surface area contributed by atoms with E-state index >= 15 is 0 Å². The molecule has 0 radical (unpaired) electrons. The van der Waals surface area contributed by atoms with E-state index in [1.54, 1.807) is 0 Å². The minimum Gasteiger partial charge on any atom is -0.472 e. The van der Waals surface area contributed by atoms with Crippen LogP contribution in [0.5, 0.6) is 5.88 Å². The number of rotatable bonds is 3. The molecule has 0 bridgehead atoms. The highest BCUT2D eigenvalue weighted by atomic mass is 19.4. The zero-order valence-electron chi connectivity index (χ0n) is 14.1. The number of fused-ring (bicyclic) bond motifs is 1. The molecule has 0 amide bonds. The van der Waals surface area contributed by atoms with E-state index in [-0.39, 0.29) is 12.0 Å². The molecule has 2 aromatic heterocycles. The SMILES string of the molecule is Nc1nc(N2CCC(Oc3ccc(C(F)(F)F)cn3)C2)nc2ccccc12. The van der Waals surface area contributed by atoms with Gasteiger partial charge in [-0.1, -0.05) is 12.1 Å². The third-order valence-electron chi connectivity index (χ3n) is 4.40. The Morgan fingerprint density at radius 3 is 2.67 bits per heavy atom. The fourth-order valence-corrected chi connectivity index (χ4v) is 3.02. The number of pyridine rings is 1. The topological polar surface area (TPSA) is 77.2 Å². The summed E-state index contributed by atoms with van der Waals surface area (Å²) >= 11 is 0. The van der Waals surface area contributed by atoms with Gasteiger partial charge in [0.15, 0.2) is 0 Å². The molecule has 1 aliphatic heterocycles. The maximum Gasteiger partial charge on any atom is 0.417 e. The smallest absolute Gasteiger partial charge is 0.417 e. The van der Waals surface area contributed by atoms with Gasteiger partial charge < -0.3 is 15.4 Å². The van der Waals surface area contributed by atoms with Crippen LogP contribution in [0.2, 0.25) is 0 Å². The maximum absolute atomic E-state index is 12.6. The monoisotopic (exact) mass is 375 g/mol. The number of alkyl halides is 3. The number of nitrogens with zero attached hydrogens (tertiary/aromatic N) is 4. The second-order valence-corrected chi connectivity index (χ2v) is 6.28. The van der Waals surface area contributed by atoms with E-state index in [1.807, 2.05) is 29.2 Å². The number of hydrogen-bond acceptors (Lipinski definition) is 6. The van der Waals surface area contributed by atoms with Gasteiger partial charge in [-0.05, 0) is 18.2 Å². The van der Waals surface area contributed by atoms with Crippen LogP contribution in [0.15, 0.2) is 42.6 Å². The number of benzene rings is 1. The summed E-state index contributed by atoms with van der Waals surface area (Å²) in [6, 6.07) is 9.68. The van der Waals surface area contributed by atoms with Gasteiger partial charge in [-0.2, -0.15) is 18.2 Å². The summed E-state index contributed by atoms with van der Waals surface area (Å²) in [6.45, 7) is 1.16. The summed E-state index contributed by atoms with van der Waals surface area (Å²) in [5.41, 5.74) is 5.98. The van der Waals surface area contributed by atoms with E-state index < -0.39 is 11.7 Å². The molecule has 1 unspecified atom stereocenters. The molecule has 4 rings (SSSR count). The van der Waals surface area contributed by atoms with E-state index in [2.05, 4.69) is 15.0 Å². The first-order chi connectivity index (χ1) is 12.9. The largest absolute Gasteiger partial charge is 0.472 e. The summed E-state index contributed by atoms with van der Waals surface area (Å²) in [4.78, 5) is 14.6. The van der Waals surface area contributed by atoms with E-state index in [4.69, 9.17) is 10.5 Å². The van der Waals surface area contributed by atoms with Crippen LogP contribution in [0.25, 0.3) is 10.9 Å². The number of nitrogen functional groups attached to an aromatic ring is 1. The minimum atomic E-state index is -4.41. The van der Waals surface area contributed by atoms with E-state index in [9.17, 15) is 13.2 Å². The molecule has 0 saturated carbocycles. The highest BCUT2D eigenvalue weighted by Gasteiger charge is 2.31. The first-order valence-electron chi connectivity index (χ1n) is 8.37. The normalized spacial score (nSPS) is 17.4. The van der Waals surface area contributed by atoms with Gasteiger partial charge in [0, 0.05) is 30.6 Å². The average molecular weight is 375 g/mol. The first-order valence-corrected chi connectivity index (χ1v) is 8.37. The Hall–Kier alpha value is -3.10. The summed E-state index contributed by atoms with van der Waals surface area (Å²) in [7, 11) is 0. The molecule has 1 saturated heterocycles. The van der Waals surface area contributed by atoms with Gasteiger partial charge in [-0.15, -0.1) is 0 Å². The number of hydrogen-bond donors (Lipinski definition) is 1. The summed E-state index contributed by atoms with van der Waals surface area (Å²) in [6.07, 6.45) is -3.18. The van der Waals surface area contributed by atoms with Gasteiger partial charge in [0.25, 0.3) is 0 Å². The van der Waals surface area contributed by atoms with Crippen molar-refractivity contribution in [2.75, 3.05) is 23.7 Å². The van der Waals surface area contributed by atoms with Crippen molar-refractivity contribution in [3.63, 3.8) is 0 Å². The van der Waals surface area contributed by atoms with Crippen LogP contribution in [0.1, 0.15) is 12.0 Å². The van der Waals surface area contributed by atoms with E-state index in [0.29, 0.717) is 31.3 Å². The lowest BCUT2D eigenvalue weighted by molar-refractivity contribution is -0.137. The third-order valence-corrected chi connectivity index (χ3v) is 4.40. The van der Waals surface area contributed by atoms with Crippen LogP contribution >= 0.6 is 0 Å². The summed E-state index contributed by atoms with van der Waals surface area (Å²) in [5, 5.41) is 0.794. The van der Waals surface area contributed by atoms with Gasteiger partial charge in [-0.25, -0.2) is 9.97 Å². The van der Waals surface area contributed by atoms with Crippen molar-refractivity contribution < 1.29 is 17.9 Å². The first kappa shape index (κ1) is 17.3. The predicted octanol–water partition coefficient (Wildman–Crippen LogP) is 3.28. The van der Waals surface area contributed by atoms with Gasteiger partial charge in [0.2, 0.25) is 11.8 Å². The molecular formula is C18H16F3N5O. The average Bonchev–Trinajstić information content (AvgIpc) is 3.10. The Balaban J connectivity index is 1.46. The van der Waals surface area contributed by atoms with Crippen LogP contribution in [0.3, 0.4) is 0 Å². The van der Waals surface area contributed by atoms with Crippen molar-refractivity contribution in [1.82, 2.24) is 15.0 Å². The molecule has 6 nitrogen and oxygen atoms in total. The molecule has 2 N–H and O–H groups in total. The quantitative estimate of drug-likeness (QED) is 0.757. The minimum absolute atomic E-state index is 0.161. The molecule has 27 heavy (non-hydrogen) atoms. The van der Waals surface area contributed by atoms with Crippen LogP contribution in [0.4, 0.5) is 24.9 Å². The molecule has 9 heteroatoms. The number of anilines is 2. The molecular weight excluding hydrogens is 359 g/mol. The molecule has 3 aromatic rings. The fraction of sp³-hybridized carbons (Fsp3) is 0.278. The molecule has 140 valence electrons. The number of ether oxygens (including phenoxy) is 1. The molecule has 1 atom stereocenters. The summed E-state index contributed by atoms with van der Waals surface area (Å²) in [5.74, 6) is 1.08. The predicted molar refractivity (Wildman–Crippen MR) is 94.4 cm³/mol. The molecule has 3 heterocycles. The van der Waals surface area contributed by atoms with Crippen LogP contribution in [-0.4, -0.2) is 34.1 Å². The zero-order valence-corrected chi connectivity index (χ0v) is 14.1. The van der Waals surface area contributed by atoms with Crippen molar-refractivity contribution in [3.8, 4) is 5.88 Å². The van der Waals surface area contributed by atoms with E-state index in [1.165, 1.54) is 6.07 Å². The Morgan fingerprint density at radius 2 is 1.93 bits per heavy atom. The number of para-hydroxylation sites is 1. The van der Waals surface area contributed by atoms with Crippen molar-refractivity contribution in [2.24, 2.45) is 0 Å². The standard InChI is InChI=1S/C18H16F3N5O/c19-18(20,21)11-5-6-15(23-9-11)27-12-7-8-26(10-12)17-24-14-4-2-1-3-13(14)16(22)25-17/h1-6,9,12H,7-8,10H2,(H2,22,24,25). The van der Waals surface area contributed by atoms with Crippen molar-refractivity contribution in [2.45, 2.75) is 18.7 Å². The Labute approximate surface area is 152 Å². The number of halogens is 3. The van der Waals surface area contributed by atoms with Crippen LogP contribution < -0.4 is 15.4 Å². The molecule has 0 aliphatic carbocycles. The maximum atomic E-state index is 12.6. The third kappa shape index (κ3) is 3.57. The second kappa shape index (κ2) is 6.57. The van der Waals surface area contributed by atoms with Crippen molar-refractivity contribution in [1.29, 1.82) is 0 Å². The number of aromatic nitrogens is 3. The molecule has 1 aromatic carbocycles. The highest BCUT2D eigenvalue weighted by Crippen LogP contribution is 2.30. The Bertz CT molecular complexity index is 961. The van der Waals surface area contributed by atoms with Crippen molar-refractivity contribution >= 4 is 22.7 Å². The number of nitrogens with two attached hydrogens (primary N) is 1. The fourth-order valence-electron chi connectivity index (χ4n) is 3.02. The van der Waals surface area contributed by atoms with Crippen molar-refractivity contribution in [3.05, 3.63) is 48.2 Å². The highest BCUT2D eigenvalue weighted by molar-refractivity contribution is 5.88. The van der Waals surface area contributed by atoms with Gasteiger partial charge in [0.05, 0.1) is 17.6 Å². The van der Waals surface area contributed by atoms with Crippen LogP contribution in [0, 0.1) is 0 Å². The van der Waals surface area contributed by atoms with Gasteiger partial charge in [0.1, 0.15) is 11.9 Å². The van der Waals surface area contributed by atoms with Crippen LogP contribution in [-0.2, 0) is 6.18 Å². The van der Waals surface area contributed by atoms with E-state index in [0.717, 1.165) is 23.2 Å². The van der Waals surface area contributed by atoms with Gasteiger partial charge >= 0.3 is 6.18 Å². The Kier molecular flexibility index (Phi) is 4.21. The molecule has 1 fully saturated rings.